The second-order valence-corrected chi connectivity index (χ2v) is 12.9. The molecule has 7 rings (SSSR count). The van der Waals surface area contributed by atoms with E-state index in [0.717, 1.165) is 46.6 Å². The molecule has 0 N–H and O–H groups in total. The maximum atomic E-state index is 14.1. The zero-order chi connectivity index (χ0) is 31.4. The van der Waals surface area contributed by atoms with Crippen molar-refractivity contribution in [3.8, 4) is 0 Å². The fourth-order valence-electron chi connectivity index (χ4n) is 6.45. The summed E-state index contributed by atoms with van der Waals surface area (Å²) in [6.07, 6.45) is 4.66. The molecule has 9 nitrogen and oxygen atoms in total. The number of hydrazone groups is 1. The third-order valence-corrected chi connectivity index (χ3v) is 9.61. The van der Waals surface area contributed by atoms with Crippen molar-refractivity contribution in [2.45, 2.75) is 37.4 Å². The molecular formula is C32H24Cl4N6O3. The number of hydrogen-bond donors (Lipinski definition) is 0. The highest BCUT2D eigenvalue weighted by atomic mass is 35.5. The lowest BCUT2D eigenvalue weighted by atomic mass is 9.77. The Balaban J connectivity index is 1.19. The lowest BCUT2D eigenvalue weighted by Gasteiger charge is -2.30. The van der Waals surface area contributed by atoms with Crippen LogP contribution in [-0.4, -0.2) is 52.1 Å². The van der Waals surface area contributed by atoms with Crippen LogP contribution >= 0.6 is 46.4 Å². The van der Waals surface area contributed by atoms with E-state index in [1.165, 1.54) is 10.0 Å². The molecule has 4 atom stereocenters. The van der Waals surface area contributed by atoms with Gasteiger partial charge in [0, 0.05) is 16.0 Å². The van der Waals surface area contributed by atoms with Crippen molar-refractivity contribution < 1.29 is 14.4 Å². The van der Waals surface area contributed by atoms with Gasteiger partial charge in [0.1, 0.15) is 6.54 Å². The monoisotopic (exact) mass is 680 g/mol. The molecule has 3 aromatic rings. The fourth-order valence-corrected chi connectivity index (χ4v) is 7.27. The average Bonchev–Trinajstić information content (AvgIpc) is 3.69. The molecule has 0 unspecified atom stereocenters. The summed E-state index contributed by atoms with van der Waals surface area (Å²) in [6.45, 7) is -0.322. The van der Waals surface area contributed by atoms with Crippen molar-refractivity contribution in [3.05, 3.63) is 104 Å². The van der Waals surface area contributed by atoms with Gasteiger partial charge in [-0.15, -0.1) is 0 Å². The molecule has 1 aliphatic carbocycles. The first-order valence-electron chi connectivity index (χ1n) is 14.3. The molecule has 1 saturated heterocycles. The van der Waals surface area contributed by atoms with Gasteiger partial charge in [0.25, 0.3) is 17.7 Å². The number of nitrogens with zero attached hydrogens (tertiary/aromatic N) is 6. The number of rotatable bonds is 5. The average molecular weight is 682 g/mol. The SMILES string of the molecule is O=C1[C@@H]2N=NN(CC(=O)N3N=C4/C(=C/c5ccc(Cl)cc5)CCC[C@H]4[C@H]3c3ccc(Cl)cc3)[C@H]2C(=O)N1c1c(Cl)cccc1Cl. The van der Waals surface area contributed by atoms with Crippen molar-refractivity contribution in [2.24, 2.45) is 21.4 Å². The van der Waals surface area contributed by atoms with Gasteiger partial charge >= 0.3 is 0 Å². The Labute approximate surface area is 278 Å². The number of hydrogen-bond acceptors (Lipinski definition) is 7. The minimum absolute atomic E-state index is 0.0528. The maximum absolute atomic E-state index is 14.1. The summed E-state index contributed by atoms with van der Waals surface area (Å²) in [6, 6.07) is 17.0. The molecule has 45 heavy (non-hydrogen) atoms. The Hall–Kier alpha value is -3.76. The Kier molecular flexibility index (Phi) is 7.90. The molecule has 0 bridgehead atoms. The van der Waals surface area contributed by atoms with Crippen molar-refractivity contribution in [1.82, 2.24) is 10.0 Å². The van der Waals surface area contributed by atoms with Crippen LogP contribution in [0.25, 0.3) is 6.08 Å². The van der Waals surface area contributed by atoms with Crippen molar-refractivity contribution >= 4 is 81.6 Å². The molecule has 13 heteroatoms. The summed E-state index contributed by atoms with van der Waals surface area (Å²) in [5.74, 6) is -1.66. The number of anilines is 1. The largest absolute Gasteiger partial charge is 0.271 e. The van der Waals surface area contributed by atoms with Gasteiger partial charge < -0.3 is 0 Å². The van der Waals surface area contributed by atoms with Gasteiger partial charge in [-0.2, -0.15) is 10.2 Å². The minimum atomic E-state index is -1.12. The first kappa shape index (κ1) is 29.9. The second-order valence-electron chi connectivity index (χ2n) is 11.2. The Morgan fingerprint density at radius 3 is 2.22 bits per heavy atom. The van der Waals surface area contributed by atoms with Crippen LogP contribution in [-0.2, 0) is 14.4 Å². The van der Waals surface area contributed by atoms with E-state index >= 15 is 0 Å². The summed E-state index contributed by atoms with van der Waals surface area (Å²) < 4.78 is 0. The van der Waals surface area contributed by atoms with E-state index in [2.05, 4.69) is 16.4 Å². The van der Waals surface area contributed by atoms with Crippen LogP contribution in [0.1, 0.15) is 36.4 Å². The zero-order valence-electron chi connectivity index (χ0n) is 23.5. The fraction of sp³-hybridized carbons (Fsp3) is 0.250. The van der Waals surface area contributed by atoms with E-state index in [1.54, 1.807) is 30.3 Å². The maximum Gasteiger partial charge on any atom is 0.264 e. The molecule has 0 spiro atoms. The number of para-hydroxylation sites is 1. The Morgan fingerprint density at radius 1 is 0.867 bits per heavy atom. The standard InChI is InChI=1S/C32H24Cl4N6O3/c33-20-11-7-17(8-12-20)15-19-3-1-4-22-26(19)38-42(28(22)18-9-13-21(34)14-10-18)25(43)16-40-30-27(37-39-40)31(44)41(32(30)45)29-23(35)5-2-6-24(29)36/h2,5-15,22,27-28,30H,1,3-4,16H2/b19-15+/t22-,27-,28-,30-/m1/s1. The molecule has 3 aromatic carbocycles. The summed E-state index contributed by atoms with van der Waals surface area (Å²) in [5.41, 5.74) is 3.85. The molecule has 4 aliphatic rings. The number of benzene rings is 3. The third kappa shape index (κ3) is 5.31. The van der Waals surface area contributed by atoms with E-state index in [0.29, 0.717) is 10.0 Å². The van der Waals surface area contributed by atoms with Crippen LogP contribution in [0.4, 0.5) is 5.69 Å². The Bertz CT molecular complexity index is 1790. The van der Waals surface area contributed by atoms with Crippen molar-refractivity contribution in [2.75, 3.05) is 11.4 Å². The van der Waals surface area contributed by atoms with Crippen LogP contribution in [0.2, 0.25) is 20.1 Å². The number of amides is 3. The topological polar surface area (TPSA) is 98.0 Å². The van der Waals surface area contributed by atoms with Crippen LogP contribution in [0.3, 0.4) is 0 Å². The van der Waals surface area contributed by atoms with E-state index in [1.807, 2.05) is 36.4 Å². The first-order valence-corrected chi connectivity index (χ1v) is 15.8. The van der Waals surface area contributed by atoms with Gasteiger partial charge in [-0.3, -0.25) is 19.4 Å². The molecule has 228 valence electrons. The zero-order valence-corrected chi connectivity index (χ0v) is 26.5. The molecule has 0 radical (unpaired) electrons. The molecule has 0 aromatic heterocycles. The van der Waals surface area contributed by atoms with E-state index in [-0.39, 0.29) is 28.2 Å². The minimum Gasteiger partial charge on any atom is -0.271 e. The normalized spacial score (nSPS) is 24.8. The smallest absolute Gasteiger partial charge is 0.264 e. The predicted molar refractivity (Wildman–Crippen MR) is 173 cm³/mol. The molecular weight excluding hydrogens is 658 g/mol. The summed E-state index contributed by atoms with van der Waals surface area (Å²) >= 11 is 25.0. The van der Waals surface area contributed by atoms with Gasteiger partial charge in [0.05, 0.1) is 27.5 Å². The summed E-state index contributed by atoms with van der Waals surface area (Å²) in [4.78, 5) is 41.9. The quantitative estimate of drug-likeness (QED) is 0.262. The number of allylic oxidation sites excluding steroid dienone is 1. The summed E-state index contributed by atoms with van der Waals surface area (Å²) in [7, 11) is 0. The number of carbonyl (C=O) groups is 3. The second kappa shape index (κ2) is 11.9. The van der Waals surface area contributed by atoms with Gasteiger partial charge in [0.15, 0.2) is 12.1 Å². The lowest BCUT2D eigenvalue weighted by molar-refractivity contribution is -0.136. The van der Waals surface area contributed by atoms with E-state index in [9.17, 15) is 14.4 Å². The first-order chi connectivity index (χ1) is 21.7. The van der Waals surface area contributed by atoms with Crippen molar-refractivity contribution in [3.63, 3.8) is 0 Å². The molecule has 2 fully saturated rings. The lowest BCUT2D eigenvalue weighted by Crippen LogP contribution is -2.45. The highest BCUT2D eigenvalue weighted by molar-refractivity contribution is 6.42. The highest BCUT2D eigenvalue weighted by Crippen LogP contribution is 2.45. The number of halogens is 4. The number of fused-ring (bicyclic) bond motifs is 2. The van der Waals surface area contributed by atoms with Crippen LogP contribution in [0.15, 0.2) is 87.7 Å². The predicted octanol–water partition coefficient (Wildman–Crippen LogP) is 7.42. The van der Waals surface area contributed by atoms with E-state index in [4.69, 9.17) is 51.5 Å². The number of carbonyl (C=O) groups excluding carboxylic acids is 3. The van der Waals surface area contributed by atoms with Gasteiger partial charge in [-0.25, -0.2) is 9.91 Å². The van der Waals surface area contributed by atoms with Crippen molar-refractivity contribution in [1.29, 1.82) is 0 Å². The number of imide groups is 1. The third-order valence-electron chi connectivity index (χ3n) is 8.50. The molecule has 3 amide bonds. The van der Waals surface area contributed by atoms with Crippen LogP contribution in [0, 0.1) is 5.92 Å². The van der Waals surface area contributed by atoms with Crippen LogP contribution < -0.4 is 4.90 Å². The van der Waals surface area contributed by atoms with Gasteiger partial charge in [-0.1, -0.05) is 82.0 Å². The Morgan fingerprint density at radius 2 is 1.53 bits per heavy atom. The molecule has 3 aliphatic heterocycles. The van der Waals surface area contributed by atoms with E-state index < -0.39 is 35.8 Å². The van der Waals surface area contributed by atoms with Crippen LogP contribution in [0.5, 0.6) is 0 Å². The summed E-state index contributed by atoms with van der Waals surface area (Å²) in [5, 5.41) is 17.3. The molecule has 3 heterocycles. The molecule has 1 saturated carbocycles. The van der Waals surface area contributed by atoms with Gasteiger partial charge in [-0.05, 0) is 78.4 Å². The van der Waals surface area contributed by atoms with Gasteiger partial charge in [0.2, 0.25) is 0 Å². The highest BCUT2D eigenvalue weighted by Gasteiger charge is 2.56.